The molecule has 1 N–H and O–H groups in total. The van der Waals surface area contributed by atoms with Gasteiger partial charge in [0.05, 0.1) is 11.3 Å². The maximum atomic E-state index is 14.1. The lowest BCUT2D eigenvalue weighted by molar-refractivity contribution is -0.122. The molecular formula is C24H22FN3O2S. The third-order valence-electron chi connectivity index (χ3n) is 6.10. The lowest BCUT2D eigenvalue weighted by Crippen LogP contribution is -2.29. The lowest BCUT2D eigenvalue weighted by Gasteiger charge is -2.23. The van der Waals surface area contributed by atoms with Gasteiger partial charge in [-0.25, -0.2) is 9.37 Å². The van der Waals surface area contributed by atoms with Gasteiger partial charge in [-0.2, -0.15) is 0 Å². The van der Waals surface area contributed by atoms with E-state index in [9.17, 15) is 14.0 Å². The topological polar surface area (TPSA) is 62.3 Å². The Kier molecular flexibility index (Phi) is 5.06. The molecule has 5 rings (SSSR count). The molecule has 1 fully saturated rings. The standard InChI is InChI=1S/C24H22FN3O2S/c1-14-21(26-24(31-14)27-22(29)15-5-4-6-15)17-9-10-20-16(13-17)11-12-28(20)23(30)18-7-2-3-8-19(18)25/h2-3,7-10,13,15H,4-6,11-12H2,1H3,(H,26,27,29). The molecule has 3 aromatic rings. The number of rotatable bonds is 4. The molecule has 2 amide bonds. The van der Waals surface area contributed by atoms with Gasteiger partial charge in [0.2, 0.25) is 5.91 Å². The summed E-state index contributed by atoms with van der Waals surface area (Å²) in [6.45, 7) is 2.51. The van der Waals surface area contributed by atoms with Gasteiger partial charge < -0.3 is 10.2 Å². The molecule has 31 heavy (non-hydrogen) atoms. The Hall–Kier alpha value is -3.06. The molecule has 1 saturated carbocycles. The molecule has 0 radical (unpaired) electrons. The average molecular weight is 436 g/mol. The number of nitrogens with zero attached hydrogens (tertiary/aromatic N) is 2. The molecule has 0 saturated heterocycles. The summed E-state index contributed by atoms with van der Waals surface area (Å²) >= 11 is 1.48. The first kappa shape index (κ1) is 19.9. The Morgan fingerprint density at radius 3 is 2.74 bits per heavy atom. The number of hydrogen-bond acceptors (Lipinski definition) is 4. The Labute approximate surface area is 183 Å². The molecule has 0 bridgehead atoms. The molecular weight excluding hydrogens is 413 g/mol. The highest BCUT2D eigenvalue weighted by Crippen LogP contribution is 2.37. The number of anilines is 2. The van der Waals surface area contributed by atoms with Crippen LogP contribution in [0.25, 0.3) is 11.3 Å². The van der Waals surface area contributed by atoms with Crippen molar-refractivity contribution in [1.82, 2.24) is 4.98 Å². The van der Waals surface area contributed by atoms with Crippen LogP contribution in [0.3, 0.4) is 0 Å². The van der Waals surface area contributed by atoms with E-state index in [0.29, 0.717) is 18.1 Å². The number of aromatic nitrogens is 1. The van der Waals surface area contributed by atoms with Crippen LogP contribution >= 0.6 is 11.3 Å². The van der Waals surface area contributed by atoms with Crippen LogP contribution in [-0.4, -0.2) is 23.3 Å². The van der Waals surface area contributed by atoms with E-state index < -0.39 is 5.82 Å². The van der Waals surface area contributed by atoms with Gasteiger partial charge in [0.1, 0.15) is 5.82 Å². The Bertz CT molecular complexity index is 1190. The van der Waals surface area contributed by atoms with Gasteiger partial charge in [0.15, 0.2) is 5.13 Å². The average Bonchev–Trinajstić information content (AvgIpc) is 3.29. The van der Waals surface area contributed by atoms with E-state index in [-0.39, 0.29) is 23.3 Å². The number of thiazole rings is 1. The minimum absolute atomic E-state index is 0.0581. The summed E-state index contributed by atoms with van der Waals surface area (Å²) in [5, 5.41) is 3.58. The Morgan fingerprint density at radius 2 is 2.00 bits per heavy atom. The van der Waals surface area contributed by atoms with Crippen LogP contribution in [-0.2, 0) is 11.2 Å². The van der Waals surface area contributed by atoms with E-state index in [4.69, 9.17) is 0 Å². The molecule has 2 aromatic carbocycles. The van der Waals surface area contributed by atoms with E-state index >= 15 is 0 Å². The highest BCUT2D eigenvalue weighted by molar-refractivity contribution is 7.16. The van der Waals surface area contributed by atoms with Gasteiger partial charge in [-0.15, -0.1) is 11.3 Å². The molecule has 5 nitrogen and oxygen atoms in total. The number of carbonyl (C=O) groups excluding carboxylic acids is 2. The minimum Gasteiger partial charge on any atom is -0.308 e. The van der Waals surface area contributed by atoms with Crippen molar-refractivity contribution < 1.29 is 14.0 Å². The first-order valence-electron chi connectivity index (χ1n) is 10.5. The van der Waals surface area contributed by atoms with Gasteiger partial charge in [-0.3, -0.25) is 9.59 Å². The smallest absolute Gasteiger partial charge is 0.261 e. The maximum absolute atomic E-state index is 14.1. The summed E-state index contributed by atoms with van der Waals surface area (Å²) in [6.07, 6.45) is 3.73. The summed E-state index contributed by atoms with van der Waals surface area (Å²) in [5.41, 5.74) is 3.73. The Balaban J connectivity index is 1.38. The molecule has 2 heterocycles. The fourth-order valence-electron chi connectivity index (χ4n) is 4.14. The van der Waals surface area contributed by atoms with Crippen molar-refractivity contribution >= 4 is 34.0 Å². The summed E-state index contributed by atoms with van der Waals surface area (Å²) in [7, 11) is 0. The number of carbonyl (C=O) groups is 2. The van der Waals surface area contributed by atoms with Crippen molar-refractivity contribution in [2.75, 3.05) is 16.8 Å². The van der Waals surface area contributed by atoms with Gasteiger partial charge in [-0.1, -0.05) is 24.6 Å². The zero-order chi connectivity index (χ0) is 21.5. The lowest BCUT2D eigenvalue weighted by atomic mass is 9.85. The van der Waals surface area contributed by atoms with Crippen molar-refractivity contribution in [2.24, 2.45) is 5.92 Å². The van der Waals surface area contributed by atoms with Gasteiger partial charge in [-0.05, 0) is 56.0 Å². The summed E-state index contributed by atoms with van der Waals surface area (Å²) in [6, 6.07) is 12.0. The number of benzene rings is 2. The number of nitrogens with one attached hydrogen (secondary N) is 1. The number of amides is 2. The molecule has 158 valence electrons. The molecule has 0 spiro atoms. The van der Waals surface area contributed by atoms with Crippen molar-refractivity contribution in [1.29, 1.82) is 0 Å². The molecule has 0 unspecified atom stereocenters. The number of hydrogen-bond donors (Lipinski definition) is 1. The monoisotopic (exact) mass is 435 g/mol. The minimum atomic E-state index is -0.507. The van der Waals surface area contributed by atoms with Crippen LogP contribution in [0, 0.1) is 18.7 Å². The van der Waals surface area contributed by atoms with Gasteiger partial charge in [0, 0.05) is 28.6 Å². The highest BCUT2D eigenvalue weighted by Gasteiger charge is 2.28. The van der Waals surface area contributed by atoms with Gasteiger partial charge >= 0.3 is 0 Å². The van der Waals surface area contributed by atoms with Crippen LogP contribution in [0.15, 0.2) is 42.5 Å². The normalized spacial score (nSPS) is 15.5. The maximum Gasteiger partial charge on any atom is 0.261 e. The van der Waals surface area contributed by atoms with Gasteiger partial charge in [0.25, 0.3) is 5.91 Å². The van der Waals surface area contributed by atoms with Crippen LogP contribution in [0.2, 0.25) is 0 Å². The molecule has 1 aliphatic heterocycles. The largest absolute Gasteiger partial charge is 0.308 e. The summed E-state index contributed by atoms with van der Waals surface area (Å²) < 4.78 is 14.1. The fourth-order valence-corrected chi connectivity index (χ4v) is 4.97. The zero-order valence-corrected chi connectivity index (χ0v) is 18.0. The third kappa shape index (κ3) is 3.63. The second-order valence-electron chi connectivity index (χ2n) is 8.07. The van der Waals surface area contributed by atoms with E-state index in [1.165, 1.54) is 23.5 Å². The predicted molar refractivity (Wildman–Crippen MR) is 120 cm³/mol. The van der Waals surface area contributed by atoms with E-state index in [1.54, 1.807) is 17.0 Å². The second kappa shape index (κ2) is 7.89. The number of aryl methyl sites for hydroxylation is 1. The first-order valence-corrected chi connectivity index (χ1v) is 11.3. The fraction of sp³-hybridized carbons (Fsp3) is 0.292. The quantitative estimate of drug-likeness (QED) is 0.613. The third-order valence-corrected chi connectivity index (χ3v) is 6.99. The van der Waals surface area contributed by atoms with Crippen LogP contribution in [0.5, 0.6) is 0 Å². The predicted octanol–water partition coefficient (Wildman–Crippen LogP) is 5.20. The molecule has 2 aliphatic rings. The van der Waals surface area contributed by atoms with Crippen molar-refractivity contribution in [2.45, 2.75) is 32.6 Å². The highest BCUT2D eigenvalue weighted by atomic mass is 32.1. The molecule has 1 aromatic heterocycles. The molecule has 7 heteroatoms. The summed E-state index contributed by atoms with van der Waals surface area (Å²) in [5.74, 6) is -0.656. The van der Waals surface area contributed by atoms with Crippen molar-refractivity contribution in [3.05, 3.63) is 64.3 Å². The molecule has 1 aliphatic carbocycles. The van der Waals surface area contributed by atoms with E-state index in [2.05, 4.69) is 10.3 Å². The van der Waals surface area contributed by atoms with Crippen molar-refractivity contribution in [3.63, 3.8) is 0 Å². The second-order valence-corrected chi connectivity index (χ2v) is 9.27. The van der Waals surface area contributed by atoms with Crippen LogP contribution in [0.1, 0.15) is 40.1 Å². The molecule has 0 atom stereocenters. The number of halogens is 1. The first-order chi connectivity index (χ1) is 15.0. The number of fused-ring (bicyclic) bond motifs is 1. The van der Waals surface area contributed by atoms with E-state index in [1.807, 2.05) is 25.1 Å². The SMILES string of the molecule is Cc1sc(NC(=O)C2CCC2)nc1-c1ccc2c(c1)CCN2C(=O)c1ccccc1F. The Morgan fingerprint density at radius 1 is 1.19 bits per heavy atom. The zero-order valence-electron chi connectivity index (χ0n) is 17.2. The van der Waals surface area contributed by atoms with Crippen LogP contribution < -0.4 is 10.2 Å². The van der Waals surface area contributed by atoms with Crippen molar-refractivity contribution in [3.8, 4) is 11.3 Å². The van der Waals surface area contributed by atoms with E-state index in [0.717, 1.165) is 46.6 Å². The summed E-state index contributed by atoms with van der Waals surface area (Å²) in [4.78, 5) is 32.4. The van der Waals surface area contributed by atoms with Crippen LogP contribution in [0.4, 0.5) is 15.2 Å².